The zero-order valence-corrected chi connectivity index (χ0v) is 24.4. The van der Waals surface area contributed by atoms with Gasteiger partial charge >= 0.3 is 0 Å². The van der Waals surface area contributed by atoms with Crippen LogP contribution < -0.4 is 34.0 Å². The van der Waals surface area contributed by atoms with Crippen LogP contribution in [0.25, 0.3) is 11.1 Å². The number of aliphatic hydroxyl groups excluding tert-OH is 2. The van der Waals surface area contributed by atoms with E-state index in [2.05, 4.69) is 14.1 Å². The van der Waals surface area contributed by atoms with E-state index in [0.717, 1.165) is 63.0 Å². The predicted molar refractivity (Wildman–Crippen MR) is 133 cm³/mol. The van der Waals surface area contributed by atoms with E-state index in [4.69, 9.17) is 0 Å². The highest BCUT2D eigenvalue weighted by molar-refractivity contribution is 5.98. The number of quaternary nitrogens is 2. The molecule has 0 unspecified atom stereocenters. The van der Waals surface area contributed by atoms with Gasteiger partial charge in [0.25, 0.3) is 0 Å². The molecule has 2 saturated heterocycles. The SMILES string of the molecule is C[N+]1(CC(=O)c2ccc(-c3ccc(C(=O)C[N+]4(C)CCC(O)CC4)cc3)cc2)CCC(O)CC1.[Br-].[Br-]. The van der Waals surface area contributed by atoms with Crippen LogP contribution in [0.3, 0.4) is 0 Å². The molecule has 0 aliphatic carbocycles. The molecule has 4 rings (SSSR count). The molecule has 0 radical (unpaired) electrons. The fourth-order valence-electron chi connectivity index (χ4n) is 5.24. The Labute approximate surface area is 235 Å². The van der Waals surface area contributed by atoms with Crippen molar-refractivity contribution in [2.24, 2.45) is 0 Å². The third-order valence-corrected chi connectivity index (χ3v) is 7.81. The summed E-state index contributed by atoms with van der Waals surface area (Å²) in [4.78, 5) is 25.7. The van der Waals surface area contributed by atoms with Gasteiger partial charge < -0.3 is 53.1 Å². The maximum atomic E-state index is 12.8. The number of Topliss-reactive ketones (excluding diaryl/α,β-unsaturated/α-hetero) is 2. The van der Waals surface area contributed by atoms with Crippen LogP contribution in [0.4, 0.5) is 0 Å². The average molecular weight is 626 g/mol. The summed E-state index contributed by atoms with van der Waals surface area (Å²) in [6.45, 7) is 4.23. The molecule has 0 aromatic heterocycles. The van der Waals surface area contributed by atoms with Gasteiger partial charge in [-0.2, -0.15) is 0 Å². The molecule has 6 nitrogen and oxygen atoms in total. The number of hydrogen-bond acceptors (Lipinski definition) is 4. The van der Waals surface area contributed by atoms with Crippen LogP contribution in [0.5, 0.6) is 0 Å². The largest absolute Gasteiger partial charge is 1.00 e. The van der Waals surface area contributed by atoms with Gasteiger partial charge in [0.05, 0.1) is 52.5 Å². The summed E-state index contributed by atoms with van der Waals surface area (Å²) < 4.78 is 1.37. The molecule has 2 N–H and O–H groups in total. The Morgan fingerprint density at radius 2 is 0.917 bits per heavy atom. The van der Waals surface area contributed by atoms with Crippen LogP contribution in [0, 0.1) is 0 Å². The zero-order valence-electron chi connectivity index (χ0n) is 21.2. The number of piperidine rings is 2. The summed E-state index contributed by atoms with van der Waals surface area (Å²) in [5, 5.41) is 19.5. The molecule has 0 atom stereocenters. The lowest BCUT2D eigenvalue weighted by Gasteiger charge is -2.38. The topological polar surface area (TPSA) is 74.6 Å². The Hall–Kier alpha value is -1.42. The molecule has 2 aromatic carbocycles. The van der Waals surface area contributed by atoms with Crippen molar-refractivity contribution in [2.75, 3.05) is 53.4 Å². The fourth-order valence-corrected chi connectivity index (χ4v) is 5.24. The number of carbonyl (C=O) groups is 2. The first-order chi connectivity index (χ1) is 16.1. The highest BCUT2D eigenvalue weighted by atomic mass is 79.9. The Morgan fingerprint density at radius 3 is 1.19 bits per heavy atom. The lowest BCUT2D eigenvalue weighted by atomic mass is 9.99. The minimum absolute atomic E-state index is 0. The van der Waals surface area contributed by atoms with Crippen LogP contribution in [-0.4, -0.2) is 96.3 Å². The van der Waals surface area contributed by atoms with Crippen LogP contribution in [0.1, 0.15) is 46.4 Å². The van der Waals surface area contributed by atoms with E-state index in [9.17, 15) is 19.8 Å². The molecule has 0 saturated carbocycles. The summed E-state index contributed by atoms with van der Waals surface area (Å²) in [6.07, 6.45) is 2.55. The first-order valence-electron chi connectivity index (χ1n) is 12.4. The molecule has 2 heterocycles. The van der Waals surface area contributed by atoms with Crippen molar-refractivity contribution in [1.29, 1.82) is 0 Å². The first-order valence-corrected chi connectivity index (χ1v) is 12.4. The first kappa shape index (κ1) is 30.8. The van der Waals surface area contributed by atoms with Gasteiger partial charge in [0.15, 0.2) is 0 Å². The maximum absolute atomic E-state index is 12.8. The number of ketones is 2. The normalized spacial score (nSPS) is 27.9. The van der Waals surface area contributed by atoms with Crippen molar-refractivity contribution < 1.29 is 62.7 Å². The highest BCUT2D eigenvalue weighted by Gasteiger charge is 2.32. The standard InChI is InChI=1S/C28H38N2O4.2BrH/c1-29(15-11-25(31)12-16-29)19-27(33)23-7-3-21(4-8-23)22-5-9-24(10-6-22)28(34)20-30(2)17-13-26(32)14-18-30;;/h3-10,25-26,31-32H,11-20H2,1-2H3;2*1H/q+2;;/p-2. The van der Waals surface area contributed by atoms with Gasteiger partial charge in [-0.05, 0) is 11.1 Å². The van der Waals surface area contributed by atoms with Gasteiger partial charge in [-0.3, -0.25) is 9.59 Å². The molecule has 2 aromatic rings. The van der Waals surface area contributed by atoms with E-state index in [1.807, 2.05) is 48.5 Å². The smallest absolute Gasteiger partial charge is 0.216 e. The fraction of sp³-hybridized carbons (Fsp3) is 0.500. The third kappa shape index (κ3) is 7.79. The van der Waals surface area contributed by atoms with E-state index in [1.54, 1.807) is 0 Å². The Balaban J connectivity index is 0.00000228. The van der Waals surface area contributed by atoms with Gasteiger partial charge in [0, 0.05) is 36.8 Å². The van der Waals surface area contributed by atoms with E-state index in [1.165, 1.54) is 0 Å². The van der Waals surface area contributed by atoms with Gasteiger partial charge in [0.2, 0.25) is 11.6 Å². The average Bonchev–Trinajstić information content (AvgIpc) is 2.83. The highest BCUT2D eigenvalue weighted by Crippen LogP contribution is 2.23. The van der Waals surface area contributed by atoms with E-state index in [0.29, 0.717) is 33.2 Å². The minimum atomic E-state index is -0.231. The number of likely N-dealkylation sites (tertiary alicyclic amines) is 2. The number of carbonyl (C=O) groups excluding carboxylic acids is 2. The lowest BCUT2D eigenvalue weighted by molar-refractivity contribution is -0.907. The third-order valence-electron chi connectivity index (χ3n) is 7.81. The molecule has 8 heteroatoms. The number of benzene rings is 2. The van der Waals surface area contributed by atoms with Gasteiger partial charge in [0.1, 0.15) is 13.1 Å². The molecule has 2 aliphatic heterocycles. The number of nitrogens with zero attached hydrogens (tertiary/aromatic N) is 2. The number of halogens is 2. The second-order valence-electron chi connectivity index (χ2n) is 10.9. The molecule has 2 aliphatic rings. The van der Waals surface area contributed by atoms with Crippen LogP contribution >= 0.6 is 0 Å². The van der Waals surface area contributed by atoms with Crippen molar-refractivity contribution in [3.63, 3.8) is 0 Å². The molecular formula is C28H38Br2N2O4. The van der Waals surface area contributed by atoms with Crippen LogP contribution in [-0.2, 0) is 0 Å². The summed E-state index contributed by atoms with van der Waals surface area (Å²) in [5.41, 5.74) is 3.45. The molecule has 2 fully saturated rings. The second kappa shape index (κ2) is 12.9. The number of aliphatic hydroxyl groups is 2. The Bertz CT molecular complexity index is 927. The van der Waals surface area contributed by atoms with Crippen molar-refractivity contribution >= 4 is 11.6 Å². The molecule has 0 spiro atoms. The minimum Gasteiger partial charge on any atom is -1.00 e. The van der Waals surface area contributed by atoms with Gasteiger partial charge in [-0.25, -0.2) is 0 Å². The quantitative estimate of drug-likeness (QED) is 0.253. The van der Waals surface area contributed by atoms with Crippen molar-refractivity contribution in [3.8, 4) is 11.1 Å². The van der Waals surface area contributed by atoms with Crippen molar-refractivity contribution in [2.45, 2.75) is 37.9 Å². The van der Waals surface area contributed by atoms with Crippen LogP contribution in [0.15, 0.2) is 48.5 Å². The molecule has 198 valence electrons. The van der Waals surface area contributed by atoms with Crippen molar-refractivity contribution in [1.82, 2.24) is 0 Å². The monoisotopic (exact) mass is 624 g/mol. The number of hydrogen-bond donors (Lipinski definition) is 2. The maximum Gasteiger partial charge on any atom is 0.216 e. The Morgan fingerprint density at radius 1 is 0.639 bits per heavy atom. The predicted octanol–water partition coefficient (Wildman–Crippen LogP) is -3.07. The lowest BCUT2D eigenvalue weighted by Crippen LogP contribution is -3.00. The van der Waals surface area contributed by atoms with Gasteiger partial charge in [-0.15, -0.1) is 0 Å². The van der Waals surface area contributed by atoms with E-state index in [-0.39, 0.29) is 57.7 Å². The summed E-state index contributed by atoms with van der Waals surface area (Å²) in [7, 11) is 4.19. The number of likely N-dealkylation sites (N-methyl/N-ethyl adjacent to an activating group) is 2. The summed E-state index contributed by atoms with van der Waals surface area (Å²) in [5.74, 6) is 0.265. The molecular weight excluding hydrogens is 588 g/mol. The zero-order chi connectivity index (χ0) is 24.3. The van der Waals surface area contributed by atoms with Crippen molar-refractivity contribution in [3.05, 3.63) is 59.7 Å². The Kier molecular flexibility index (Phi) is 11.0. The summed E-state index contributed by atoms with van der Waals surface area (Å²) in [6, 6.07) is 15.4. The van der Waals surface area contributed by atoms with Gasteiger partial charge in [-0.1, -0.05) is 48.5 Å². The number of rotatable bonds is 7. The summed E-state index contributed by atoms with van der Waals surface area (Å²) >= 11 is 0. The molecule has 0 bridgehead atoms. The van der Waals surface area contributed by atoms with E-state index < -0.39 is 0 Å². The van der Waals surface area contributed by atoms with E-state index >= 15 is 0 Å². The molecule has 0 amide bonds. The van der Waals surface area contributed by atoms with Crippen LogP contribution in [0.2, 0.25) is 0 Å². The molecule has 36 heavy (non-hydrogen) atoms. The second-order valence-corrected chi connectivity index (χ2v) is 10.9.